The number of hydrogen-bond donors (Lipinski definition) is 2. The molecule has 0 spiro atoms. The van der Waals surface area contributed by atoms with E-state index in [-0.39, 0.29) is 5.91 Å². The molecule has 9 nitrogen and oxygen atoms in total. The van der Waals surface area contributed by atoms with Crippen molar-refractivity contribution in [1.82, 2.24) is 24.9 Å². The Hall–Kier alpha value is -4.03. The van der Waals surface area contributed by atoms with Crippen LogP contribution >= 0.6 is 0 Å². The summed E-state index contributed by atoms with van der Waals surface area (Å²) in [6.07, 6.45) is 5.20. The van der Waals surface area contributed by atoms with Crippen LogP contribution in [0, 0.1) is 18.3 Å². The Morgan fingerprint density at radius 1 is 1.23 bits per heavy atom. The molecule has 5 rings (SSSR count). The SMILES string of the molecule is Cc1cn2cc(NC(=O)c3ccc(N4CCNCC4)c4ccnnc34)cc(C#N)c2n1. The third-order valence-corrected chi connectivity index (χ3v) is 5.41. The Bertz CT molecular complexity index is 1350. The van der Waals surface area contributed by atoms with Gasteiger partial charge in [-0.2, -0.15) is 10.4 Å². The first kappa shape index (κ1) is 19.0. The highest BCUT2D eigenvalue weighted by Crippen LogP contribution is 2.29. The zero-order valence-corrected chi connectivity index (χ0v) is 17.0. The summed E-state index contributed by atoms with van der Waals surface area (Å²) < 4.78 is 1.74. The van der Waals surface area contributed by atoms with Crippen LogP contribution in [0.2, 0.25) is 0 Å². The van der Waals surface area contributed by atoms with Crippen molar-refractivity contribution < 1.29 is 4.79 Å². The Morgan fingerprint density at radius 3 is 2.87 bits per heavy atom. The first-order valence-electron chi connectivity index (χ1n) is 10.0. The fraction of sp³-hybridized carbons (Fsp3) is 0.227. The predicted octanol–water partition coefficient (Wildman–Crippen LogP) is 2.12. The van der Waals surface area contributed by atoms with Crippen LogP contribution in [-0.2, 0) is 0 Å². The maximum absolute atomic E-state index is 13.1. The number of imidazole rings is 1. The van der Waals surface area contributed by atoms with E-state index in [9.17, 15) is 10.1 Å². The van der Waals surface area contributed by atoms with Crippen LogP contribution in [0.4, 0.5) is 11.4 Å². The minimum atomic E-state index is -0.308. The molecule has 1 amide bonds. The number of rotatable bonds is 3. The summed E-state index contributed by atoms with van der Waals surface area (Å²) >= 11 is 0. The molecule has 0 unspecified atom stereocenters. The summed E-state index contributed by atoms with van der Waals surface area (Å²) in [6, 6.07) is 9.42. The summed E-state index contributed by atoms with van der Waals surface area (Å²) in [5, 5.41) is 24.9. The molecule has 9 heteroatoms. The molecule has 0 bridgehead atoms. The molecule has 1 aliphatic heterocycles. The van der Waals surface area contributed by atoms with Gasteiger partial charge in [0.2, 0.25) is 0 Å². The first-order valence-corrected chi connectivity index (χ1v) is 10.0. The van der Waals surface area contributed by atoms with Crippen molar-refractivity contribution in [3.8, 4) is 6.07 Å². The topological polar surface area (TPSA) is 111 Å². The third kappa shape index (κ3) is 3.43. The van der Waals surface area contributed by atoms with Gasteiger partial charge in [-0.05, 0) is 31.2 Å². The van der Waals surface area contributed by atoms with Crippen LogP contribution in [-0.4, -0.2) is 51.7 Å². The number of aromatic nitrogens is 4. The summed E-state index contributed by atoms with van der Waals surface area (Å²) in [4.78, 5) is 19.8. The zero-order chi connectivity index (χ0) is 21.4. The van der Waals surface area contributed by atoms with Crippen molar-refractivity contribution in [2.45, 2.75) is 6.92 Å². The molecule has 1 aliphatic rings. The lowest BCUT2D eigenvalue weighted by Gasteiger charge is -2.30. The number of piperazine rings is 1. The molecular weight excluding hydrogens is 392 g/mol. The standard InChI is InChI=1S/C22H20N8O/c1-14-12-30-13-16(10-15(11-23)21(30)26-14)27-22(31)18-2-3-19(29-8-6-24-7-9-29)17-4-5-25-28-20(17)18/h2-5,10,12-13,24H,6-9H2,1H3,(H,27,31). The predicted molar refractivity (Wildman–Crippen MR) is 117 cm³/mol. The number of fused-ring (bicyclic) bond motifs is 2. The summed E-state index contributed by atoms with van der Waals surface area (Å²) in [7, 11) is 0. The van der Waals surface area contributed by atoms with Gasteiger partial charge in [-0.1, -0.05) is 0 Å². The van der Waals surface area contributed by atoms with Crippen molar-refractivity contribution in [3.63, 3.8) is 0 Å². The average molecular weight is 412 g/mol. The molecule has 1 fully saturated rings. The highest BCUT2D eigenvalue weighted by atomic mass is 16.1. The first-order chi connectivity index (χ1) is 15.1. The molecule has 31 heavy (non-hydrogen) atoms. The Labute approximate surface area is 178 Å². The largest absolute Gasteiger partial charge is 0.368 e. The number of nitriles is 1. The van der Waals surface area contributed by atoms with E-state index in [1.807, 2.05) is 25.3 Å². The monoisotopic (exact) mass is 412 g/mol. The number of benzene rings is 1. The number of carbonyl (C=O) groups is 1. The van der Waals surface area contributed by atoms with Gasteiger partial charge in [-0.3, -0.25) is 4.79 Å². The number of hydrogen-bond acceptors (Lipinski definition) is 7. The minimum Gasteiger partial charge on any atom is -0.368 e. The van der Waals surface area contributed by atoms with Crippen LogP contribution in [0.3, 0.4) is 0 Å². The molecule has 0 aliphatic carbocycles. The van der Waals surface area contributed by atoms with Gasteiger partial charge in [0.05, 0.1) is 28.7 Å². The number of amides is 1. The van der Waals surface area contributed by atoms with E-state index >= 15 is 0 Å². The second-order valence-corrected chi connectivity index (χ2v) is 7.48. The lowest BCUT2D eigenvalue weighted by Crippen LogP contribution is -2.43. The van der Waals surface area contributed by atoms with E-state index in [0.29, 0.717) is 28.0 Å². The second-order valence-electron chi connectivity index (χ2n) is 7.48. The van der Waals surface area contributed by atoms with E-state index in [0.717, 1.165) is 42.9 Å². The highest BCUT2D eigenvalue weighted by Gasteiger charge is 2.19. The second kappa shape index (κ2) is 7.66. The molecule has 3 aromatic heterocycles. The highest BCUT2D eigenvalue weighted by molar-refractivity contribution is 6.13. The lowest BCUT2D eigenvalue weighted by atomic mass is 10.1. The van der Waals surface area contributed by atoms with Gasteiger partial charge < -0.3 is 19.9 Å². The molecule has 0 atom stereocenters. The fourth-order valence-corrected chi connectivity index (χ4v) is 4.00. The van der Waals surface area contributed by atoms with Crippen molar-refractivity contribution >= 4 is 33.8 Å². The van der Waals surface area contributed by atoms with Gasteiger partial charge in [-0.15, -0.1) is 5.10 Å². The molecule has 0 radical (unpaired) electrons. The lowest BCUT2D eigenvalue weighted by molar-refractivity contribution is 0.102. The van der Waals surface area contributed by atoms with Crippen LogP contribution in [0.1, 0.15) is 21.6 Å². The zero-order valence-electron chi connectivity index (χ0n) is 17.0. The Kier molecular flexibility index (Phi) is 4.69. The molecule has 2 N–H and O–H groups in total. The maximum Gasteiger partial charge on any atom is 0.257 e. The smallest absolute Gasteiger partial charge is 0.257 e. The average Bonchev–Trinajstić information content (AvgIpc) is 3.18. The number of anilines is 2. The number of nitrogens with zero attached hydrogens (tertiary/aromatic N) is 6. The van der Waals surface area contributed by atoms with Crippen LogP contribution in [0.15, 0.2) is 42.9 Å². The van der Waals surface area contributed by atoms with E-state index < -0.39 is 0 Å². The molecule has 4 heterocycles. The van der Waals surface area contributed by atoms with Crippen molar-refractivity contribution in [1.29, 1.82) is 5.26 Å². The Balaban J connectivity index is 1.52. The molecule has 154 valence electrons. The van der Waals surface area contributed by atoms with E-state index in [1.165, 1.54) is 0 Å². The number of carbonyl (C=O) groups excluding carboxylic acids is 1. The maximum atomic E-state index is 13.1. The van der Waals surface area contributed by atoms with Crippen molar-refractivity contribution in [2.75, 3.05) is 36.4 Å². The summed E-state index contributed by atoms with van der Waals surface area (Å²) in [6.45, 7) is 5.48. The van der Waals surface area contributed by atoms with Crippen LogP contribution in [0.25, 0.3) is 16.6 Å². The quantitative estimate of drug-likeness (QED) is 0.530. The molecule has 0 saturated carbocycles. The number of aryl methyl sites for hydroxylation is 1. The van der Waals surface area contributed by atoms with Crippen molar-refractivity contribution in [2.24, 2.45) is 0 Å². The molecule has 1 saturated heterocycles. The van der Waals surface area contributed by atoms with Crippen LogP contribution < -0.4 is 15.5 Å². The van der Waals surface area contributed by atoms with Gasteiger partial charge in [-0.25, -0.2) is 4.98 Å². The van der Waals surface area contributed by atoms with Crippen LogP contribution in [0.5, 0.6) is 0 Å². The summed E-state index contributed by atoms with van der Waals surface area (Å²) in [5.41, 5.74) is 4.29. The minimum absolute atomic E-state index is 0.308. The normalized spacial score (nSPS) is 14.0. The molecule has 1 aromatic carbocycles. The Morgan fingerprint density at radius 2 is 2.06 bits per heavy atom. The van der Waals surface area contributed by atoms with Gasteiger partial charge in [0.15, 0.2) is 5.65 Å². The number of pyridine rings is 1. The van der Waals surface area contributed by atoms with E-state index in [1.54, 1.807) is 28.9 Å². The molecular formula is C22H20N8O. The van der Waals surface area contributed by atoms with E-state index in [4.69, 9.17) is 0 Å². The number of nitrogens with one attached hydrogen (secondary N) is 2. The van der Waals surface area contributed by atoms with Crippen molar-refractivity contribution in [3.05, 3.63) is 59.7 Å². The van der Waals surface area contributed by atoms with Gasteiger partial charge >= 0.3 is 0 Å². The fourth-order valence-electron chi connectivity index (χ4n) is 4.00. The van der Waals surface area contributed by atoms with Gasteiger partial charge in [0.1, 0.15) is 11.6 Å². The molecule has 4 aromatic rings. The van der Waals surface area contributed by atoms with Gasteiger partial charge in [0.25, 0.3) is 5.91 Å². The third-order valence-electron chi connectivity index (χ3n) is 5.41. The van der Waals surface area contributed by atoms with Gasteiger partial charge in [0, 0.05) is 49.6 Å². The van der Waals surface area contributed by atoms with E-state index in [2.05, 4.69) is 36.8 Å². The summed E-state index contributed by atoms with van der Waals surface area (Å²) in [5.74, 6) is -0.308.